The summed E-state index contributed by atoms with van der Waals surface area (Å²) in [5.74, 6) is 0. The Balaban J connectivity index is 1.71. The summed E-state index contributed by atoms with van der Waals surface area (Å²) in [6, 6.07) is 9.35. The number of likely N-dealkylation sites (N-methyl/N-ethyl adjacent to an activating group) is 1. The van der Waals surface area contributed by atoms with E-state index in [-0.39, 0.29) is 0 Å². The lowest BCUT2D eigenvalue weighted by Gasteiger charge is -2.30. The van der Waals surface area contributed by atoms with Gasteiger partial charge in [-0.15, -0.1) is 0 Å². The topological polar surface area (TPSA) is 36.7 Å². The van der Waals surface area contributed by atoms with E-state index in [0.29, 0.717) is 6.04 Å². The molecule has 124 valence electrons. The lowest BCUT2D eigenvalue weighted by molar-refractivity contribution is 0.283. The Bertz CT molecular complexity index is 838. The van der Waals surface area contributed by atoms with Crippen LogP contribution in [0.5, 0.6) is 0 Å². The van der Waals surface area contributed by atoms with Crippen molar-refractivity contribution in [2.45, 2.75) is 25.4 Å². The van der Waals surface area contributed by atoms with Gasteiger partial charge in [-0.1, -0.05) is 18.2 Å². The van der Waals surface area contributed by atoms with E-state index in [1.807, 2.05) is 24.8 Å². The summed E-state index contributed by atoms with van der Waals surface area (Å²) in [4.78, 5) is 13.5. The van der Waals surface area contributed by atoms with Crippen LogP contribution in [0.4, 0.5) is 5.69 Å². The second-order valence-corrected chi connectivity index (χ2v) is 6.72. The van der Waals surface area contributed by atoms with Crippen molar-refractivity contribution in [3.63, 3.8) is 0 Å². The summed E-state index contributed by atoms with van der Waals surface area (Å²) in [7, 11) is 4.36. The van der Waals surface area contributed by atoms with Crippen LogP contribution in [0.1, 0.15) is 17.7 Å². The van der Waals surface area contributed by atoms with E-state index in [1.54, 1.807) is 0 Å². The van der Waals surface area contributed by atoms with Gasteiger partial charge in [0.15, 0.2) is 5.65 Å². The monoisotopic (exact) mass is 321 g/mol. The molecule has 1 aromatic carbocycles. The van der Waals surface area contributed by atoms with Crippen LogP contribution < -0.4 is 4.90 Å². The molecule has 0 saturated carbocycles. The van der Waals surface area contributed by atoms with Gasteiger partial charge in [0.25, 0.3) is 0 Å². The smallest absolute Gasteiger partial charge is 0.155 e. The third-order valence-electron chi connectivity index (χ3n) is 4.99. The molecule has 1 unspecified atom stereocenters. The van der Waals surface area contributed by atoms with Crippen molar-refractivity contribution < 1.29 is 0 Å². The largest absolute Gasteiger partial charge is 0.364 e. The highest BCUT2D eigenvalue weighted by atomic mass is 15.2. The standard InChI is InChI=1S/C19H23N5/c1-22(2)16-8-7-15-5-3-4-6-18(15)23(13-16)14-17-11-21-19-12-20-9-10-24(17)19/h3-6,9-12,16H,7-8,13-14H2,1-2H3. The molecule has 0 radical (unpaired) electrons. The van der Waals surface area contributed by atoms with Crippen LogP contribution in [0, 0.1) is 0 Å². The summed E-state index contributed by atoms with van der Waals surface area (Å²) < 4.78 is 2.13. The molecule has 2 aromatic heterocycles. The number of benzene rings is 1. The number of fused-ring (bicyclic) bond motifs is 2. The molecule has 1 aliphatic heterocycles. The Labute approximate surface area is 142 Å². The first-order valence-corrected chi connectivity index (χ1v) is 8.47. The van der Waals surface area contributed by atoms with Gasteiger partial charge in [0.05, 0.1) is 24.6 Å². The number of para-hydroxylation sites is 1. The fourth-order valence-electron chi connectivity index (χ4n) is 3.58. The van der Waals surface area contributed by atoms with E-state index >= 15 is 0 Å². The van der Waals surface area contributed by atoms with Gasteiger partial charge in [0, 0.05) is 30.7 Å². The zero-order valence-electron chi connectivity index (χ0n) is 14.3. The number of aromatic nitrogens is 3. The number of aryl methyl sites for hydroxylation is 1. The second kappa shape index (κ2) is 6.24. The highest BCUT2D eigenvalue weighted by molar-refractivity contribution is 5.55. The third kappa shape index (κ3) is 2.76. The van der Waals surface area contributed by atoms with E-state index < -0.39 is 0 Å². The van der Waals surface area contributed by atoms with Gasteiger partial charge in [0.2, 0.25) is 0 Å². The minimum atomic E-state index is 0.554. The molecule has 1 atom stereocenters. The average Bonchev–Trinajstić information content (AvgIpc) is 2.90. The number of hydrogen-bond donors (Lipinski definition) is 0. The van der Waals surface area contributed by atoms with Gasteiger partial charge in [-0.3, -0.25) is 9.38 Å². The quantitative estimate of drug-likeness (QED) is 0.743. The lowest BCUT2D eigenvalue weighted by Crippen LogP contribution is -2.39. The van der Waals surface area contributed by atoms with Crippen LogP contribution in [0.25, 0.3) is 5.65 Å². The maximum absolute atomic E-state index is 4.48. The van der Waals surface area contributed by atoms with Crippen molar-refractivity contribution in [3.05, 3.63) is 60.3 Å². The molecule has 24 heavy (non-hydrogen) atoms. The molecule has 3 heterocycles. The highest BCUT2D eigenvalue weighted by Gasteiger charge is 2.23. The van der Waals surface area contributed by atoms with Gasteiger partial charge < -0.3 is 9.80 Å². The van der Waals surface area contributed by atoms with Crippen LogP contribution in [-0.4, -0.2) is 46.0 Å². The van der Waals surface area contributed by atoms with Gasteiger partial charge in [-0.05, 0) is 38.6 Å². The Morgan fingerprint density at radius 3 is 2.96 bits per heavy atom. The van der Waals surface area contributed by atoms with E-state index in [1.165, 1.54) is 23.4 Å². The van der Waals surface area contributed by atoms with Crippen molar-refractivity contribution in [2.24, 2.45) is 0 Å². The van der Waals surface area contributed by atoms with Gasteiger partial charge in [-0.25, -0.2) is 4.98 Å². The minimum Gasteiger partial charge on any atom is -0.364 e. The molecular formula is C19H23N5. The van der Waals surface area contributed by atoms with Crippen molar-refractivity contribution in [3.8, 4) is 0 Å². The fourth-order valence-corrected chi connectivity index (χ4v) is 3.58. The fraction of sp³-hybridized carbons (Fsp3) is 0.368. The van der Waals surface area contributed by atoms with E-state index in [2.05, 4.69) is 62.5 Å². The summed E-state index contributed by atoms with van der Waals surface area (Å²) in [5.41, 5.74) is 4.89. The first-order chi connectivity index (χ1) is 11.7. The van der Waals surface area contributed by atoms with Crippen molar-refractivity contribution in [2.75, 3.05) is 25.5 Å². The highest BCUT2D eigenvalue weighted by Crippen LogP contribution is 2.28. The molecule has 0 saturated heterocycles. The van der Waals surface area contributed by atoms with E-state index in [0.717, 1.165) is 25.2 Å². The first kappa shape index (κ1) is 15.1. The summed E-state index contributed by atoms with van der Waals surface area (Å²) >= 11 is 0. The van der Waals surface area contributed by atoms with Crippen LogP contribution in [0.15, 0.2) is 49.1 Å². The molecule has 0 fully saturated rings. The number of hydrogen-bond acceptors (Lipinski definition) is 4. The second-order valence-electron chi connectivity index (χ2n) is 6.72. The number of rotatable bonds is 3. The van der Waals surface area contributed by atoms with Crippen molar-refractivity contribution in [1.82, 2.24) is 19.3 Å². The molecule has 4 rings (SSSR count). The maximum atomic E-state index is 4.48. The third-order valence-corrected chi connectivity index (χ3v) is 4.99. The van der Waals surface area contributed by atoms with Gasteiger partial charge in [0.1, 0.15) is 0 Å². The van der Waals surface area contributed by atoms with E-state index in [4.69, 9.17) is 0 Å². The van der Waals surface area contributed by atoms with Gasteiger partial charge in [-0.2, -0.15) is 0 Å². The first-order valence-electron chi connectivity index (χ1n) is 8.47. The summed E-state index contributed by atoms with van der Waals surface area (Å²) in [6.07, 6.45) is 9.91. The molecule has 5 nitrogen and oxygen atoms in total. The Hall–Kier alpha value is -2.40. The summed E-state index contributed by atoms with van der Waals surface area (Å²) in [5, 5.41) is 0. The lowest BCUT2D eigenvalue weighted by atomic mass is 10.1. The van der Waals surface area contributed by atoms with E-state index in [9.17, 15) is 0 Å². The molecule has 3 aromatic rings. The zero-order valence-corrected chi connectivity index (χ0v) is 14.3. The molecule has 0 amide bonds. The number of imidazole rings is 1. The Morgan fingerprint density at radius 2 is 2.08 bits per heavy atom. The normalized spacial score (nSPS) is 18.0. The Morgan fingerprint density at radius 1 is 1.21 bits per heavy atom. The SMILES string of the molecule is CN(C)C1CCc2ccccc2N(Cc2cnc3cnccn23)C1. The average molecular weight is 321 g/mol. The van der Waals surface area contributed by atoms with Crippen LogP contribution in [0.2, 0.25) is 0 Å². The van der Waals surface area contributed by atoms with Crippen LogP contribution in [-0.2, 0) is 13.0 Å². The molecule has 0 bridgehead atoms. The van der Waals surface area contributed by atoms with Crippen molar-refractivity contribution in [1.29, 1.82) is 0 Å². The maximum Gasteiger partial charge on any atom is 0.155 e. The molecule has 1 aliphatic rings. The predicted molar refractivity (Wildman–Crippen MR) is 96.3 cm³/mol. The summed E-state index contributed by atoms with van der Waals surface area (Å²) in [6.45, 7) is 1.88. The molecular weight excluding hydrogens is 298 g/mol. The Kier molecular flexibility index (Phi) is 3.94. The molecule has 5 heteroatoms. The van der Waals surface area contributed by atoms with Crippen molar-refractivity contribution >= 4 is 11.3 Å². The van der Waals surface area contributed by atoms with Crippen LogP contribution >= 0.6 is 0 Å². The van der Waals surface area contributed by atoms with Crippen LogP contribution in [0.3, 0.4) is 0 Å². The zero-order chi connectivity index (χ0) is 16.5. The predicted octanol–water partition coefficient (Wildman–Crippen LogP) is 2.61. The number of anilines is 1. The molecule has 0 N–H and O–H groups in total. The molecule has 0 aliphatic carbocycles. The number of nitrogens with zero attached hydrogens (tertiary/aromatic N) is 5. The molecule has 0 spiro atoms. The minimum absolute atomic E-state index is 0.554. The van der Waals surface area contributed by atoms with Gasteiger partial charge >= 0.3 is 0 Å².